The molecule has 0 amide bonds. The van der Waals surface area contributed by atoms with Crippen LogP contribution in [0.15, 0.2) is 29.2 Å². The van der Waals surface area contributed by atoms with E-state index in [2.05, 4.69) is 0 Å². The van der Waals surface area contributed by atoms with Crippen LogP contribution < -0.4 is 0 Å². The molecule has 0 saturated carbocycles. The Bertz CT molecular complexity index is 415. The highest BCUT2D eigenvalue weighted by Gasteiger charge is 2.08. The first-order chi connectivity index (χ1) is 8.00. The van der Waals surface area contributed by atoms with Crippen molar-refractivity contribution in [3.8, 4) is 0 Å². The van der Waals surface area contributed by atoms with Gasteiger partial charge in [-0.25, -0.2) is 4.79 Å². The Balaban J connectivity index is 2.63. The fraction of sp³-hybridized carbons (Fsp3) is 0.417. The third-order valence-electron chi connectivity index (χ3n) is 2.06. The lowest BCUT2D eigenvalue weighted by Crippen LogP contribution is -2.11. The smallest absolute Gasteiger partial charge is 0.335 e. The summed E-state index contributed by atoms with van der Waals surface area (Å²) in [6.45, 7) is 4.23. The predicted octanol–water partition coefficient (Wildman–Crippen LogP) is 1.92. The van der Waals surface area contributed by atoms with Gasteiger partial charge in [-0.15, -0.1) is 0 Å². The zero-order chi connectivity index (χ0) is 12.8. The molecule has 1 atom stereocenters. The van der Waals surface area contributed by atoms with E-state index < -0.39 is 16.8 Å². The minimum atomic E-state index is -1.21. The summed E-state index contributed by atoms with van der Waals surface area (Å²) in [5.41, 5.74) is 0.153. The van der Waals surface area contributed by atoms with Gasteiger partial charge in [-0.1, -0.05) is 6.07 Å². The fourth-order valence-corrected chi connectivity index (χ4v) is 2.22. The quantitative estimate of drug-likeness (QED) is 0.844. The Morgan fingerprint density at radius 2 is 2.18 bits per heavy atom. The predicted molar refractivity (Wildman–Crippen MR) is 65.8 cm³/mol. The Labute approximate surface area is 103 Å². The van der Waals surface area contributed by atoms with E-state index in [1.807, 2.05) is 13.8 Å². The molecule has 5 heteroatoms. The van der Waals surface area contributed by atoms with Crippen molar-refractivity contribution in [3.63, 3.8) is 0 Å². The van der Waals surface area contributed by atoms with Crippen LogP contribution in [0.3, 0.4) is 0 Å². The number of aromatic carboxylic acids is 1. The third-order valence-corrected chi connectivity index (χ3v) is 3.38. The lowest BCUT2D eigenvalue weighted by atomic mass is 10.2. The van der Waals surface area contributed by atoms with Crippen molar-refractivity contribution >= 4 is 16.8 Å². The Morgan fingerprint density at radius 3 is 2.76 bits per heavy atom. The van der Waals surface area contributed by atoms with Crippen LogP contribution in [0, 0.1) is 0 Å². The summed E-state index contributed by atoms with van der Waals surface area (Å²) in [6, 6.07) is 6.18. The van der Waals surface area contributed by atoms with Crippen LogP contribution in [0.2, 0.25) is 0 Å². The second-order valence-corrected chi connectivity index (χ2v) is 5.37. The van der Waals surface area contributed by atoms with Crippen LogP contribution in [0.5, 0.6) is 0 Å². The van der Waals surface area contributed by atoms with Gasteiger partial charge in [-0.2, -0.15) is 0 Å². The van der Waals surface area contributed by atoms with Crippen molar-refractivity contribution in [2.45, 2.75) is 24.8 Å². The van der Waals surface area contributed by atoms with Crippen LogP contribution >= 0.6 is 0 Å². The topological polar surface area (TPSA) is 63.6 Å². The molecule has 0 spiro atoms. The number of carboxylic acids is 1. The highest BCUT2D eigenvalue weighted by molar-refractivity contribution is 7.85. The van der Waals surface area contributed by atoms with Gasteiger partial charge in [0.2, 0.25) is 0 Å². The third kappa shape index (κ3) is 4.66. The van der Waals surface area contributed by atoms with E-state index in [0.29, 0.717) is 17.3 Å². The van der Waals surface area contributed by atoms with Gasteiger partial charge in [-0.3, -0.25) is 4.21 Å². The molecule has 1 aromatic carbocycles. The molecule has 4 nitrogen and oxygen atoms in total. The molecule has 0 radical (unpaired) electrons. The number of carbonyl (C=O) groups is 1. The monoisotopic (exact) mass is 256 g/mol. The summed E-state index contributed by atoms with van der Waals surface area (Å²) >= 11 is 0. The summed E-state index contributed by atoms with van der Waals surface area (Å²) < 4.78 is 17.1. The normalized spacial score (nSPS) is 12.6. The lowest BCUT2D eigenvalue weighted by Gasteiger charge is -2.07. The fourth-order valence-electron chi connectivity index (χ4n) is 1.25. The van der Waals surface area contributed by atoms with Crippen molar-refractivity contribution in [2.75, 3.05) is 12.4 Å². The maximum atomic E-state index is 11.8. The number of hydrogen-bond donors (Lipinski definition) is 1. The largest absolute Gasteiger partial charge is 0.478 e. The van der Waals surface area contributed by atoms with Gasteiger partial charge in [0, 0.05) is 4.90 Å². The van der Waals surface area contributed by atoms with Gasteiger partial charge in [0.15, 0.2) is 0 Å². The molecule has 0 heterocycles. The number of ether oxygens (including phenoxy) is 1. The van der Waals surface area contributed by atoms with Gasteiger partial charge in [0.1, 0.15) is 0 Å². The molecule has 0 saturated heterocycles. The minimum absolute atomic E-state index is 0.109. The molecule has 17 heavy (non-hydrogen) atoms. The van der Waals surface area contributed by atoms with Crippen molar-refractivity contribution in [1.29, 1.82) is 0 Å². The summed E-state index contributed by atoms with van der Waals surface area (Å²) in [5.74, 6) is -0.636. The summed E-state index contributed by atoms with van der Waals surface area (Å²) in [5, 5.41) is 8.82. The maximum Gasteiger partial charge on any atom is 0.335 e. The van der Waals surface area contributed by atoms with E-state index in [-0.39, 0.29) is 11.7 Å². The van der Waals surface area contributed by atoms with E-state index in [4.69, 9.17) is 9.84 Å². The van der Waals surface area contributed by atoms with Gasteiger partial charge in [0.25, 0.3) is 0 Å². The molecule has 0 aromatic heterocycles. The second-order valence-electron chi connectivity index (χ2n) is 3.80. The van der Waals surface area contributed by atoms with Crippen LogP contribution in [0.1, 0.15) is 24.2 Å². The van der Waals surface area contributed by atoms with Crippen molar-refractivity contribution in [1.82, 2.24) is 0 Å². The van der Waals surface area contributed by atoms with Gasteiger partial charge >= 0.3 is 5.97 Å². The van der Waals surface area contributed by atoms with Crippen LogP contribution in [0.25, 0.3) is 0 Å². The van der Waals surface area contributed by atoms with Crippen molar-refractivity contribution in [2.24, 2.45) is 0 Å². The first-order valence-corrected chi connectivity index (χ1v) is 6.66. The number of rotatable bonds is 6. The summed E-state index contributed by atoms with van der Waals surface area (Å²) in [4.78, 5) is 11.3. The van der Waals surface area contributed by atoms with E-state index in [9.17, 15) is 9.00 Å². The SMILES string of the molecule is CC(C)OCCS(=O)c1cccc(C(=O)O)c1. The minimum Gasteiger partial charge on any atom is -0.478 e. The zero-order valence-electron chi connectivity index (χ0n) is 9.88. The van der Waals surface area contributed by atoms with Crippen LogP contribution in [-0.2, 0) is 15.5 Å². The van der Waals surface area contributed by atoms with Crippen LogP contribution in [-0.4, -0.2) is 33.7 Å². The van der Waals surface area contributed by atoms with E-state index in [1.165, 1.54) is 12.1 Å². The standard InChI is InChI=1S/C12H16O4S/c1-9(2)16-6-7-17(15)11-5-3-4-10(8-11)12(13)14/h3-5,8-9H,6-7H2,1-2H3,(H,13,14). The molecule has 0 bridgehead atoms. The Morgan fingerprint density at radius 1 is 1.47 bits per heavy atom. The Kier molecular flexibility index (Phi) is 5.31. The van der Waals surface area contributed by atoms with E-state index in [0.717, 1.165) is 0 Å². The number of benzene rings is 1. The van der Waals surface area contributed by atoms with Crippen molar-refractivity contribution < 1.29 is 18.8 Å². The van der Waals surface area contributed by atoms with Gasteiger partial charge in [0.05, 0.1) is 34.8 Å². The molecule has 0 fully saturated rings. The highest BCUT2D eigenvalue weighted by Crippen LogP contribution is 2.10. The van der Waals surface area contributed by atoms with Gasteiger partial charge in [-0.05, 0) is 32.0 Å². The molecule has 1 aromatic rings. The Hall–Kier alpha value is -1.20. The van der Waals surface area contributed by atoms with Crippen molar-refractivity contribution in [3.05, 3.63) is 29.8 Å². The average Bonchev–Trinajstić information content (AvgIpc) is 2.28. The molecule has 1 unspecified atom stereocenters. The molecule has 0 aliphatic carbocycles. The second kappa shape index (κ2) is 6.51. The molecular weight excluding hydrogens is 240 g/mol. The maximum absolute atomic E-state index is 11.8. The molecular formula is C12H16O4S. The highest BCUT2D eigenvalue weighted by atomic mass is 32.2. The molecule has 0 aliphatic rings. The lowest BCUT2D eigenvalue weighted by molar-refractivity contribution is 0.0696. The molecule has 0 aliphatic heterocycles. The van der Waals surface area contributed by atoms with Crippen LogP contribution in [0.4, 0.5) is 0 Å². The van der Waals surface area contributed by atoms with Gasteiger partial charge < -0.3 is 9.84 Å². The summed E-state index contributed by atoms with van der Waals surface area (Å²) in [7, 11) is -1.21. The average molecular weight is 256 g/mol. The summed E-state index contributed by atoms with van der Waals surface area (Å²) in [6.07, 6.45) is 0.109. The van der Waals surface area contributed by atoms with E-state index in [1.54, 1.807) is 12.1 Å². The number of carboxylic acid groups (broad SMARTS) is 1. The molecule has 1 N–H and O–H groups in total. The van der Waals surface area contributed by atoms with E-state index >= 15 is 0 Å². The molecule has 94 valence electrons. The molecule has 1 rings (SSSR count). The zero-order valence-corrected chi connectivity index (χ0v) is 10.7. The number of hydrogen-bond acceptors (Lipinski definition) is 3. The first-order valence-electron chi connectivity index (χ1n) is 5.34. The first kappa shape index (κ1) is 13.9.